The maximum absolute atomic E-state index is 12.5. The van der Waals surface area contributed by atoms with E-state index < -0.39 is 6.36 Å². The van der Waals surface area contributed by atoms with Gasteiger partial charge in [0.2, 0.25) is 5.91 Å². The van der Waals surface area contributed by atoms with Crippen LogP contribution in [-0.4, -0.2) is 29.9 Å². The number of ether oxygens (including phenoxy) is 2. The average Bonchev–Trinajstić information content (AvgIpc) is 3.18. The van der Waals surface area contributed by atoms with Crippen LogP contribution in [0.2, 0.25) is 0 Å². The van der Waals surface area contributed by atoms with Crippen molar-refractivity contribution >= 4 is 5.91 Å². The van der Waals surface area contributed by atoms with E-state index in [1.807, 2.05) is 18.2 Å². The summed E-state index contributed by atoms with van der Waals surface area (Å²) < 4.78 is 47.4. The molecular formula is C24H21F3N2O3. The Morgan fingerprint density at radius 1 is 1.12 bits per heavy atom. The molecule has 32 heavy (non-hydrogen) atoms. The van der Waals surface area contributed by atoms with E-state index in [2.05, 4.69) is 15.0 Å². The zero-order valence-electron chi connectivity index (χ0n) is 17.1. The predicted octanol–water partition coefficient (Wildman–Crippen LogP) is 4.70. The van der Waals surface area contributed by atoms with Crippen LogP contribution in [0, 0.1) is 0 Å². The fourth-order valence-corrected chi connectivity index (χ4v) is 3.61. The van der Waals surface area contributed by atoms with Crippen LogP contribution in [0.3, 0.4) is 0 Å². The van der Waals surface area contributed by atoms with E-state index in [0.29, 0.717) is 37.1 Å². The van der Waals surface area contributed by atoms with Crippen LogP contribution in [0.5, 0.6) is 11.5 Å². The summed E-state index contributed by atoms with van der Waals surface area (Å²) in [5, 5.41) is 2.90. The first-order valence-electron chi connectivity index (χ1n) is 10.2. The molecule has 0 saturated heterocycles. The van der Waals surface area contributed by atoms with Crippen molar-refractivity contribution in [2.75, 3.05) is 6.54 Å². The van der Waals surface area contributed by atoms with Gasteiger partial charge in [0.25, 0.3) is 0 Å². The van der Waals surface area contributed by atoms with Gasteiger partial charge in [0.15, 0.2) is 0 Å². The Kier molecular flexibility index (Phi) is 6.30. The first-order chi connectivity index (χ1) is 15.4. The molecule has 1 aliphatic heterocycles. The van der Waals surface area contributed by atoms with E-state index in [-0.39, 0.29) is 17.8 Å². The number of nitrogens with one attached hydrogen (secondary N) is 1. The monoisotopic (exact) mass is 442 g/mol. The molecule has 0 aliphatic carbocycles. The fourth-order valence-electron chi connectivity index (χ4n) is 3.61. The predicted molar refractivity (Wildman–Crippen MR) is 112 cm³/mol. The minimum atomic E-state index is -4.74. The molecule has 0 fully saturated rings. The van der Waals surface area contributed by atoms with Crippen LogP contribution in [0.15, 0.2) is 67.0 Å². The number of aryl methyl sites for hydroxylation is 1. The van der Waals surface area contributed by atoms with Gasteiger partial charge in [0.1, 0.15) is 17.6 Å². The number of hydrogen-bond acceptors (Lipinski definition) is 4. The first kappa shape index (κ1) is 21.7. The summed E-state index contributed by atoms with van der Waals surface area (Å²) in [6.07, 6.45) is 0.0918. The van der Waals surface area contributed by atoms with E-state index in [1.165, 1.54) is 18.2 Å². The Balaban J connectivity index is 1.33. The Morgan fingerprint density at radius 2 is 1.97 bits per heavy atom. The van der Waals surface area contributed by atoms with Crippen molar-refractivity contribution in [3.8, 4) is 22.6 Å². The molecule has 1 aromatic heterocycles. The number of aromatic nitrogens is 1. The molecular weight excluding hydrogens is 421 g/mol. The third-order valence-electron chi connectivity index (χ3n) is 5.09. The van der Waals surface area contributed by atoms with Gasteiger partial charge in [0, 0.05) is 25.2 Å². The number of hydrogen-bond donors (Lipinski definition) is 1. The number of carbonyl (C=O) groups is 1. The van der Waals surface area contributed by atoms with Crippen LogP contribution in [-0.2, 0) is 17.6 Å². The van der Waals surface area contributed by atoms with Gasteiger partial charge < -0.3 is 14.8 Å². The molecule has 0 saturated carbocycles. The lowest BCUT2D eigenvalue weighted by Gasteiger charge is -2.12. The summed E-state index contributed by atoms with van der Waals surface area (Å²) >= 11 is 0. The summed E-state index contributed by atoms with van der Waals surface area (Å²) in [4.78, 5) is 16.2. The smallest absolute Gasteiger partial charge is 0.488 e. The second kappa shape index (κ2) is 9.30. The lowest BCUT2D eigenvalue weighted by atomic mass is 10.0. The largest absolute Gasteiger partial charge is 0.573 e. The highest BCUT2D eigenvalue weighted by molar-refractivity contribution is 5.76. The molecule has 0 bridgehead atoms. The summed E-state index contributed by atoms with van der Waals surface area (Å²) in [6, 6.07) is 15.1. The minimum absolute atomic E-state index is 0.0597. The van der Waals surface area contributed by atoms with Gasteiger partial charge in [-0.2, -0.15) is 0 Å². The van der Waals surface area contributed by atoms with E-state index in [1.54, 1.807) is 30.6 Å². The summed E-state index contributed by atoms with van der Waals surface area (Å²) in [7, 11) is 0. The summed E-state index contributed by atoms with van der Waals surface area (Å²) in [5.41, 5.74) is 3.33. The van der Waals surface area contributed by atoms with Gasteiger partial charge >= 0.3 is 6.36 Å². The number of benzene rings is 2. The standard InChI is InChI=1S/C24H21F3N2O3/c25-24(26,27)32-20-5-1-4-17(12-20)18-7-8-22-19(11-18)13-21(31-22)15-29-23(30)9-6-16-3-2-10-28-14-16/h1-5,7-8,10-12,14,21H,6,9,13,15H2,(H,29,30)/t21-/m0/s1. The van der Waals surface area contributed by atoms with E-state index >= 15 is 0 Å². The maximum Gasteiger partial charge on any atom is 0.573 e. The van der Waals surface area contributed by atoms with Crippen molar-refractivity contribution < 1.29 is 27.4 Å². The highest BCUT2D eigenvalue weighted by Gasteiger charge is 2.31. The maximum atomic E-state index is 12.5. The second-order valence-corrected chi connectivity index (χ2v) is 7.51. The molecule has 3 aromatic rings. The molecule has 0 unspecified atom stereocenters. The molecule has 166 valence electrons. The topological polar surface area (TPSA) is 60.5 Å². The Labute approximate surface area is 183 Å². The molecule has 1 atom stereocenters. The van der Waals surface area contributed by atoms with Gasteiger partial charge in [-0.3, -0.25) is 9.78 Å². The number of pyridine rings is 1. The van der Waals surface area contributed by atoms with Crippen LogP contribution in [0.4, 0.5) is 13.2 Å². The average molecular weight is 442 g/mol. The van der Waals surface area contributed by atoms with Crippen molar-refractivity contribution in [2.24, 2.45) is 0 Å². The third kappa shape index (κ3) is 5.78. The Hall–Kier alpha value is -3.55. The molecule has 0 radical (unpaired) electrons. The number of alkyl halides is 3. The molecule has 4 rings (SSSR count). The number of amides is 1. The SMILES string of the molecule is O=C(CCc1cccnc1)NC[C@@H]1Cc2cc(-c3cccc(OC(F)(F)F)c3)ccc2O1. The van der Waals surface area contributed by atoms with Crippen molar-refractivity contribution in [3.63, 3.8) is 0 Å². The molecule has 0 spiro atoms. The highest BCUT2D eigenvalue weighted by atomic mass is 19.4. The van der Waals surface area contributed by atoms with Gasteiger partial charge in [0.05, 0.1) is 6.54 Å². The normalized spacial score (nSPS) is 15.0. The second-order valence-electron chi connectivity index (χ2n) is 7.51. The lowest BCUT2D eigenvalue weighted by molar-refractivity contribution is -0.274. The Bertz CT molecular complexity index is 1090. The molecule has 5 nitrogen and oxygen atoms in total. The van der Waals surface area contributed by atoms with E-state index in [4.69, 9.17) is 4.74 Å². The minimum Gasteiger partial charge on any atom is -0.488 e. The number of rotatable bonds is 7. The van der Waals surface area contributed by atoms with Gasteiger partial charge in [-0.25, -0.2) is 0 Å². The first-order valence-corrected chi connectivity index (χ1v) is 10.2. The van der Waals surface area contributed by atoms with E-state index in [9.17, 15) is 18.0 Å². The van der Waals surface area contributed by atoms with Crippen molar-refractivity contribution in [1.82, 2.24) is 10.3 Å². The number of carbonyl (C=O) groups excluding carboxylic acids is 1. The van der Waals surface area contributed by atoms with Crippen molar-refractivity contribution in [2.45, 2.75) is 31.7 Å². The molecule has 1 N–H and O–H groups in total. The summed E-state index contributed by atoms with van der Waals surface area (Å²) in [6.45, 7) is 0.380. The fraction of sp³-hybridized carbons (Fsp3) is 0.250. The van der Waals surface area contributed by atoms with Crippen molar-refractivity contribution in [1.29, 1.82) is 0 Å². The zero-order valence-corrected chi connectivity index (χ0v) is 17.1. The van der Waals surface area contributed by atoms with Gasteiger partial charge in [-0.15, -0.1) is 13.2 Å². The van der Waals surface area contributed by atoms with Crippen LogP contribution in [0.1, 0.15) is 17.5 Å². The molecule has 2 heterocycles. The molecule has 8 heteroatoms. The third-order valence-corrected chi connectivity index (χ3v) is 5.09. The van der Waals surface area contributed by atoms with Crippen LogP contribution >= 0.6 is 0 Å². The van der Waals surface area contributed by atoms with Crippen LogP contribution in [0.25, 0.3) is 11.1 Å². The van der Waals surface area contributed by atoms with Crippen LogP contribution < -0.4 is 14.8 Å². The van der Waals surface area contributed by atoms with Gasteiger partial charge in [-0.05, 0) is 59.0 Å². The van der Waals surface area contributed by atoms with Gasteiger partial charge in [-0.1, -0.05) is 24.3 Å². The zero-order chi connectivity index (χ0) is 22.6. The Morgan fingerprint density at radius 3 is 2.75 bits per heavy atom. The quantitative estimate of drug-likeness (QED) is 0.576. The number of fused-ring (bicyclic) bond motifs is 1. The number of nitrogens with zero attached hydrogens (tertiary/aromatic N) is 1. The van der Waals surface area contributed by atoms with Crippen molar-refractivity contribution in [3.05, 3.63) is 78.1 Å². The summed E-state index contributed by atoms with van der Waals surface area (Å²) in [5.74, 6) is 0.389. The molecule has 1 aliphatic rings. The lowest BCUT2D eigenvalue weighted by Crippen LogP contribution is -2.34. The molecule has 1 amide bonds. The highest BCUT2D eigenvalue weighted by Crippen LogP contribution is 2.34. The molecule has 2 aromatic carbocycles. The number of halogens is 3. The van der Waals surface area contributed by atoms with E-state index in [0.717, 1.165) is 16.7 Å².